The summed E-state index contributed by atoms with van der Waals surface area (Å²) in [5.41, 5.74) is 1.32. The first-order valence-corrected chi connectivity index (χ1v) is 7.38. The van der Waals surface area contributed by atoms with Crippen LogP contribution in [0.2, 0.25) is 0 Å². The van der Waals surface area contributed by atoms with Crippen molar-refractivity contribution in [1.82, 2.24) is 19.6 Å². The molecule has 0 aliphatic rings. The number of aryl methyl sites for hydroxylation is 1. The molecule has 0 amide bonds. The Bertz CT molecular complexity index is 926. The van der Waals surface area contributed by atoms with E-state index in [1.807, 2.05) is 31.2 Å². The molecule has 0 spiro atoms. The summed E-state index contributed by atoms with van der Waals surface area (Å²) in [5.74, 6) is -0.527. The highest BCUT2D eigenvalue weighted by Gasteiger charge is 2.18. The molecule has 0 saturated carbocycles. The van der Waals surface area contributed by atoms with Gasteiger partial charge in [0.1, 0.15) is 0 Å². The Morgan fingerprint density at radius 3 is 2.78 bits per heavy atom. The Morgan fingerprint density at radius 2 is 2.04 bits per heavy atom. The molecule has 118 valence electrons. The first kappa shape index (κ1) is 15.0. The Morgan fingerprint density at radius 1 is 1.26 bits per heavy atom. The van der Waals surface area contributed by atoms with Gasteiger partial charge in [-0.2, -0.15) is 0 Å². The Kier molecular flexibility index (Phi) is 3.92. The van der Waals surface area contributed by atoms with Gasteiger partial charge in [0.15, 0.2) is 5.69 Å². The van der Waals surface area contributed by atoms with Crippen molar-refractivity contribution in [2.75, 3.05) is 6.61 Å². The minimum atomic E-state index is -0.527. The Balaban J connectivity index is 2.29. The lowest BCUT2D eigenvalue weighted by Gasteiger charge is -2.12. The molecule has 23 heavy (non-hydrogen) atoms. The molecule has 0 aliphatic heterocycles. The van der Waals surface area contributed by atoms with Crippen molar-refractivity contribution in [3.8, 4) is 5.69 Å². The van der Waals surface area contributed by atoms with Crippen LogP contribution in [0.5, 0.6) is 0 Å². The molecule has 7 heteroatoms. The van der Waals surface area contributed by atoms with Crippen molar-refractivity contribution in [3.63, 3.8) is 0 Å². The highest BCUT2D eigenvalue weighted by Crippen LogP contribution is 2.21. The Labute approximate surface area is 132 Å². The number of pyridine rings is 1. The fourth-order valence-electron chi connectivity index (χ4n) is 2.58. The van der Waals surface area contributed by atoms with Crippen LogP contribution in [0.15, 0.2) is 41.3 Å². The first-order chi connectivity index (χ1) is 11.2. The van der Waals surface area contributed by atoms with Crippen molar-refractivity contribution < 1.29 is 9.53 Å². The summed E-state index contributed by atoms with van der Waals surface area (Å²) < 4.78 is 8.03. The molecular formula is C16H16N4O3. The maximum absolute atomic E-state index is 12.4. The molecule has 0 fully saturated rings. The van der Waals surface area contributed by atoms with Gasteiger partial charge in [-0.15, -0.1) is 5.10 Å². The summed E-state index contributed by atoms with van der Waals surface area (Å²) in [6.45, 7) is 4.45. The number of aromatic nitrogens is 4. The summed E-state index contributed by atoms with van der Waals surface area (Å²) in [7, 11) is 0. The third-order valence-electron chi connectivity index (χ3n) is 3.58. The summed E-state index contributed by atoms with van der Waals surface area (Å²) >= 11 is 0. The van der Waals surface area contributed by atoms with Crippen molar-refractivity contribution in [1.29, 1.82) is 0 Å². The number of hydrogen-bond donors (Lipinski definition) is 0. The van der Waals surface area contributed by atoms with Crippen molar-refractivity contribution in [2.45, 2.75) is 20.4 Å². The number of benzene rings is 1. The van der Waals surface area contributed by atoms with Crippen molar-refractivity contribution >= 4 is 16.9 Å². The lowest BCUT2D eigenvalue weighted by Crippen LogP contribution is -2.21. The van der Waals surface area contributed by atoms with Crippen molar-refractivity contribution in [2.24, 2.45) is 0 Å². The van der Waals surface area contributed by atoms with Crippen LogP contribution >= 0.6 is 0 Å². The minimum absolute atomic E-state index is 0.161. The van der Waals surface area contributed by atoms with Crippen LogP contribution in [-0.4, -0.2) is 32.1 Å². The van der Waals surface area contributed by atoms with E-state index in [-0.39, 0.29) is 17.9 Å². The number of para-hydroxylation sites is 1. The third-order valence-corrected chi connectivity index (χ3v) is 3.58. The predicted molar refractivity (Wildman–Crippen MR) is 84.8 cm³/mol. The summed E-state index contributed by atoms with van der Waals surface area (Å²) in [5, 5.41) is 8.55. The normalized spacial score (nSPS) is 10.9. The zero-order chi connectivity index (χ0) is 16.4. The van der Waals surface area contributed by atoms with Gasteiger partial charge in [-0.05, 0) is 19.9 Å². The molecule has 3 aromatic rings. The van der Waals surface area contributed by atoms with Gasteiger partial charge >= 0.3 is 5.97 Å². The predicted octanol–water partition coefficient (Wildman–Crippen LogP) is 1.78. The van der Waals surface area contributed by atoms with E-state index in [0.29, 0.717) is 12.2 Å². The molecule has 0 aliphatic carbocycles. The van der Waals surface area contributed by atoms with Gasteiger partial charge in [-0.3, -0.25) is 4.79 Å². The monoisotopic (exact) mass is 312 g/mol. The maximum atomic E-state index is 12.4. The summed E-state index contributed by atoms with van der Waals surface area (Å²) in [6, 6.07) is 8.95. The van der Waals surface area contributed by atoms with E-state index < -0.39 is 5.97 Å². The number of fused-ring (bicyclic) bond motifs is 1. The van der Waals surface area contributed by atoms with Crippen LogP contribution in [0.25, 0.3) is 16.6 Å². The third kappa shape index (κ3) is 2.50. The second-order valence-electron chi connectivity index (χ2n) is 4.88. The zero-order valence-corrected chi connectivity index (χ0v) is 12.9. The van der Waals surface area contributed by atoms with Gasteiger partial charge < -0.3 is 9.30 Å². The van der Waals surface area contributed by atoms with E-state index in [9.17, 15) is 9.59 Å². The van der Waals surface area contributed by atoms with Crippen LogP contribution in [-0.2, 0) is 11.3 Å². The average molecular weight is 312 g/mol. The second-order valence-corrected chi connectivity index (χ2v) is 4.88. The molecule has 3 rings (SSSR count). The molecule has 0 N–H and O–H groups in total. The minimum Gasteiger partial charge on any atom is -0.461 e. The molecule has 0 saturated heterocycles. The lowest BCUT2D eigenvalue weighted by atomic mass is 10.1. The molecule has 0 atom stereocenters. The molecule has 0 radical (unpaired) electrons. The molecule has 2 aromatic heterocycles. The fraction of sp³-hybridized carbons (Fsp3) is 0.250. The number of nitrogens with zero attached hydrogens (tertiary/aromatic N) is 4. The summed E-state index contributed by atoms with van der Waals surface area (Å²) in [4.78, 5) is 24.4. The van der Waals surface area contributed by atoms with Crippen molar-refractivity contribution in [3.05, 3.63) is 52.6 Å². The highest BCUT2D eigenvalue weighted by atomic mass is 16.5. The molecule has 2 heterocycles. The number of carbonyl (C=O) groups is 1. The van der Waals surface area contributed by atoms with Gasteiger partial charge in [0, 0.05) is 18.0 Å². The second kappa shape index (κ2) is 6.04. The first-order valence-electron chi connectivity index (χ1n) is 7.38. The number of esters is 1. The number of carbonyl (C=O) groups excluding carboxylic acids is 1. The Hall–Kier alpha value is -2.96. The maximum Gasteiger partial charge on any atom is 0.358 e. The van der Waals surface area contributed by atoms with Gasteiger partial charge in [-0.1, -0.05) is 23.4 Å². The molecule has 0 unspecified atom stereocenters. The van der Waals surface area contributed by atoms with Gasteiger partial charge in [0.25, 0.3) is 5.56 Å². The zero-order valence-electron chi connectivity index (χ0n) is 12.9. The topological polar surface area (TPSA) is 79.0 Å². The molecule has 0 bridgehead atoms. The average Bonchev–Trinajstić information content (AvgIpc) is 3.04. The number of hydrogen-bond acceptors (Lipinski definition) is 5. The largest absolute Gasteiger partial charge is 0.461 e. The van der Waals surface area contributed by atoms with E-state index in [1.54, 1.807) is 11.5 Å². The van der Waals surface area contributed by atoms with E-state index in [0.717, 1.165) is 10.9 Å². The van der Waals surface area contributed by atoms with Crippen LogP contribution in [0, 0.1) is 0 Å². The highest BCUT2D eigenvalue weighted by molar-refractivity contribution is 5.91. The van der Waals surface area contributed by atoms with E-state index in [4.69, 9.17) is 4.74 Å². The lowest BCUT2D eigenvalue weighted by molar-refractivity contribution is 0.0516. The van der Waals surface area contributed by atoms with Crippen LogP contribution in [0.4, 0.5) is 0 Å². The van der Waals surface area contributed by atoms with E-state index in [2.05, 4.69) is 10.3 Å². The standard InChI is InChI=1S/C16H16N4O3/c1-3-19-12-8-6-5-7-11(12)13(9-15(19)21)20-14(10-17-18-20)16(22)23-4-2/h5-10H,3-4H2,1-2H3. The molecule has 1 aromatic carbocycles. The van der Waals surface area contributed by atoms with Gasteiger partial charge in [-0.25, -0.2) is 9.48 Å². The number of ether oxygens (including phenoxy) is 1. The van der Waals surface area contributed by atoms with Crippen LogP contribution in [0.1, 0.15) is 24.3 Å². The van der Waals surface area contributed by atoms with Crippen LogP contribution in [0.3, 0.4) is 0 Å². The van der Waals surface area contributed by atoms with E-state index in [1.165, 1.54) is 16.9 Å². The smallest absolute Gasteiger partial charge is 0.358 e. The molecular weight excluding hydrogens is 296 g/mol. The summed E-state index contributed by atoms with van der Waals surface area (Å²) in [6.07, 6.45) is 1.33. The van der Waals surface area contributed by atoms with E-state index >= 15 is 0 Å². The van der Waals surface area contributed by atoms with Gasteiger partial charge in [0.2, 0.25) is 0 Å². The van der Waals surface area contributed by atoms with Crippen LogP contribution < -0.4 is 5.56 Å². The SMILES string of the molecule is CCOC(=O)c1cnnn1-c1cc(=O)n(CC)c2ccccc12. The quantitative estimate of drug-likeness (QED) is 0.686. The fourth-order valence-corrected chi connectivity index (χ4v) is 2.58. The number of rotatable bonds is 4. The van der Waals surface area contributed by atoms with Gasteiger partial charge in [0.05, 0.1) is 24.0 Å². The molecule has 7 nitrogen and oxygen atoms in total.